The molecule has 1 fully saturated rings. The highest BCUT2D eigenvalue weighted by atomic mass is 32.2. The molecule has 0 aliphatic carbocycles. The van der Waals surface area contributed by atoms with Crippen molar-refractivity contribution < 1.29 is 13.2 Å². The fraction of sp³-hybridized carbons (Fsp3) is 0.500. The third-order valence-corrected chi connectivity index (χ3v) is 6.11. The maximum Gasteiger partial charge on any atom is 0.220 e. The number of sulfone groups is 1. The van der Waals surface area contributed by atoms with Gasteiger partial charge in [0, 0.05) is 23.6 Å². The molecule has 6 heteroatoms. The summed E-state index contributed by atoms with van der Waals surface area (Å²) >= 11 is 1.65. The topological polar surface area (TPSA) is 63.2 Å². The van der Waals surface area contributed by atoms with Crippen molar-refractivity contribution in [2.75, 3.05) is 23.8 Å². The maximum absolute atomic E-state index is 11.7. The van der Waals surface area contributed by atoms with E-state index < -0.39 is 9.84 Å². The summed E-state index contributed by atoms with van der Waals surface area (Å²) in [5.74, 6) is 1.30. The fourth-order valence-electron chi connectivity index (χ4n) is 2.16. The van der Waals surface area contributed by atoms with Crippen molar-refractivity contribution in [2.24, 2.45) is 5.92 Å². The molecule has 0 spiro atoms. The fourth-order valence-corrected chi connectivity index (χ4v) is 4.89. The number of thioether (sulfide) groups is 1. The lowest BCUT2D eigenvalue weighted by molar-refractivity contribution is -0.120. The summed E-state index contributed by atoms with van der Waals surface area (Å²) < 4.78 is 22.6. The lowest BCUT2D eigenvalue weighted by Gasteiger charge is -2.09. The molecule has 1 heterocycles. The Labute approximate surface area is 124 Å². The molecule has 1 amide bonds. The molecule has 0 bridgehead atoms. The molecule has 1 saturated heterocycles. The van der Waals surface area contributed by atoms with Crippen LogP contribution < -0.4 is 5.32 Å². The molecule has 1 aliphatic heterocycles. The number of nitrogens with one attached hydrogen (secondary N) is 1. The number of carbonyl (C=O) groups excluding carboxylic acids is 1. The second kappa shape index (κ2) is 7.13. The van der Waals surface area contributed by atoms with E-state index in [-0.39, 0.29) is 23.3 Å². The standard InChI is InChI=1S/C14H19NO3S2/c16-14(6-8-19-13-4-2-1-3-5-13)15-10-12-7-9-20(17,18)11-12/h1-5,12H,6-11H2,(H,15,16). The zero-order valence-electron chi connectivity index (χ0n) is 11.2. The normalized spacial score (nSPS) is 20.7. The first kappa shape index (κ1) is 15.4. The van der Waals surface area contributed by atoms with Crippen molar-refractivity contribution >= 4 is 27.5 Å². The highest BCUT2D eigenvalue weighted by Crippen LogP contribution is 2.18. The third-order valence-electron chi connectivity index (χ3n) is 3.26. The van der Waals surface area contributed by atoms with Gasteiger partial charge in [-0.15, -0.1) is 11.8 Å². The van der Waals surface area contributed by atoms with Crippen LogP contribution in [0.5, 0.6) is 0 Å². The molecule has 1 aromatic rings. The van der Waals surface area contributed by atoms with E-state index in [0.717, 1.165) is 10.6 Å². The summed E-state index contributed by atoms with van der Waals surface area (Å²) in [6, 6.07) is 9.95. The largest absolute Gasteiger partial charge is 0.356 e. The Kier molecular flexibility index (Phi) is 5.48. The van der Waals surface area contributed by atoms with Crippen LogP contribution in [0.3, 0.4) is 0 Å². The average Bonchev–Trinajstić information content (AvgIpc) is 2.77. The molecule has 0 radical (unpaired) electrons. The molecule has 0 saturated carbocycles. The van der Waals surface area contributed by atoms with Crippen LogP contribution in [0, 0.1) is 5.92 Å². The van der Waals surface area contributed by atoms with E-state index in [4.69, 9.17) is 0 Å². The van der Waals surface area contributed by atoms with Gasteiger partial charge in [0.15, 0.2) is 9.84 Å². The minimum Gasteiger partial charge on any atom is -0.356 e. The molecule has 20 heavy (non-hydrogen) atoms. The van der Waals surface area contributed by atoms with Gasteiger partial charge in [-0.25, -0.2) is 8.42 Å². The van der Waals surface area contributed by atoms with Gasteiger partial charge in [0.2, 0.25) is 5.91 Å². The number of carbonyl (C=O) groups is 1. The summed E-state index contributed by atoms with van der Waals surface area (Å²) in [5, 5.41) is 2.83. The van der Waals surface area contributed by atoms with Gasteiger partial charge in [0.1, 0.15) is 0 Å². The first-order valence-electron chi connectivity index (χ1n) is 6.70. The van der Waals surface area contributed by atoms with Gasteiger partial charge < -0.3 is 5.32 Å². The van der Waals surface area contributed by atoms with Crippen LogP contribution in [-0.2, 0) is 14.6 Å². The lowest BCUT2D eigenvalue weighted by atomic mass is 10.1. The quantitative estimate of drug-likeness (QED) is 0.812. The van der Waals surface area contributed by atoms with Crippen LogP contribution in [0.25, 0.3) is 0 Å². The summed E-state index contributed by atoms with van der Waals surface area (Å²) in [6.45, 7) is 0.480. The Hall–Kier alpha value is -1.01. The van der Waals surface area contributed by atoms with Crippen LogP contribution in [-0.4, -0.2) is 38.1 Å². The monoisotopic (exact) mass is 313 g/mol. The van der Waals surface area contributed by atoms with Crippen molar-refractivity contribution in [3.05, 3.63) is 30.3 Å². The molecule has 1 aromatic carbocycles. The van der Waals surface area contributed by atoms with Crippen LogP contribution in [0.15, 0.2) is 35.2 Å². The van der Waals surface area contributed by atoms with E-state index in [1.165, 1.54) is 0 Å². The van der Waals surface area contributed by atoms with Gasteiger partial charge in [-0.2, -0.15) is 0 Å². The molecule has 0 aromatic heterocycles. The Morgan fingerprint density at radius 3 is 2.70 bits per heavy atom. The van der Waals surface area contributed by atoms with Gasteiger partial charge in [0.25, 0.3) is 0 Å². The van der Waals surface area contributed by atoms with Gasteiger partial charge >= 0.3 is 0 Å². The maximum atomic E-state index is 11.7. The SMILES string of the molecule is O=C(CCSc1ccccc1)NCC1CCS(=O)(=O)C1. The van der Waals surface area contributed by atoms with Gasteiger partial charge in [0.05, 0.1) is 11.5 Å². The van der Waals surface area contributed by atoms with Crippen molar-refractivity contribution in [3.63, 3.8) is 0 Å². The molecular weight excluding hydrogens is 294 g/mol. The number of amides is 1. The lowest BCUT2D eigenvalue weighted by Crippen LogP contribution is -2.29. The van der Waals surface area contributed by atoms with Gasteiger partial charge in [-0.05, 0) is 24.5 Å². The number of hydrogen-bond acceptors (Lipinski definition) is 4. The smallest absolute Gasteiger partial charge is 0.220 e. The van der Waals surface area contributed by atoms with Gasteiger partial charge in [-0.3, -0.25) is 4.79 Å². The average molecular weight is 313 g/mol. The zero-order valence-corrected chi connectivity index (χ0v) is 12.9. The van der Waals surface area contributed by atoms with Crippen LogP contribution in [0.4, 0.5) is 0 Å². The highest BCUT2D eigenvalue weighted by molar-refractivity contribution is 7.99. The highest BCUT2D eigenvalue weighted by Gasteiger charge is 2.27. The zero-order chi connectivity index (χ0) is 14.4. The molecular formula is C14H19NO3S2. The van der Waals surface area contributed by atoms with Gasteiger partial charge in [-0.1, -0.05) is 18.2 Å². The van der Waals surface area contributed by atoms with Crippen molar-refractivity contribution in [1.29, 1.82) is 0 Å². The summed E-state index contributed by atoms with van der Waals surface area (Å²) in [7, 11) is -2.85. The van der Waals surface area contributed by atoms with Crippen LogP contribution in [0.2, 0.25) is 0 Å². The summed E-state index contributed by atoms with van der Waals surface area (Å²) in [4.78, 5) is 12.8. The Balaban J connectivity index is 1.61. The molecule has 110 valence electrons. The number of rotatable bonds is 6. The molecule has 1 unspecified atom stereocenters. The second-order valence-corrected chi connectivity index (χ2v) is 8.38. The van der Waals surface area contributed by atoms with E-state index in [1.54, 1.807) is 11.8 Å². The van der Waals surface area contributed by atoms with E-state index >= 15 is 0 Å². The predicted octanol–water partition coefficient (Wildman–Crippen LogP) is 1.72. The number of hydrogen-bond donors (Lipinski definition) is 1. The molecule has 2 rings (SSSR count). The minimum absolute atomic E-state index is 0.00210. The Bertz CT molecular complexity index is 543. The first-order valence-corrected chi connectivity index (χ1v) is 9.51. The van der Waals surface area contributed by atoms with Crippen LogP contribution in [0.1, 0.15) is 12.8 Å². The Morgan fingerprint density at radius 2 is 2.05 bits per heavy atom. The molecule has 4 nitrogen and oxygen atoms in total. The van der Waals surface area contributed by atoms with E-state index in [1.807, 2.05) is 30.3 Å². The van der Waals surface area contributed by atoms with Crippen molar-refractivity contribution in [1.82, 2.24) is 5.32 Å². The minimum atomic E-state index is -2.85. The Morgan fingerprint density at radius 1 is 1.30 bits per heavy atom. The molecule has 1 atom stereocenters. The third kappa shape index (κ3) is 5.17. The predicted molar refractivity (Wildman–Crippen MR) is 81.6 cm³/mol. The van der Waals surface area contributed by atoms with Crippen molar-refractivity contribution in [2.45, 2.75) is 17.7 Å². The summed E-state index contributed by atoms with van der Waals surface area (Å²) in [6.07, 6.45) is 1.13. The van der Waals surface area contributed by atoms with E-state index in [9.17, 15) is 13.2 Å². The first-order chi connectivity index (χ1) is 9.55. The molecule has 1 N–H and O–H groups in total. The van der Waals surface area contributed by atoms with E-state index in [2.05, 4.69) is 5.32 Å². The molecule has 1 aliphatic rings. The van der Waals surface area contributed by atoms with Crippen molar-refractivity contribution in [3.8, 4) is 0 Å². The second-order valence-electron chi connectivity index (χ2n) is 4.98. The van der Waals surface area contributed by atoms with E-state index in [0.29, 0.717) is 19.4 Å². The summed E-state index contributed by atoms with van der Waals surface area (Å²) in [5.41, 5.74) is 0. The van der Waals surface area contributed by atoms with Crippen LogP contribution >= 0.6 is 11.8 Å². The number of benzene rings is 1.